The average Bonchev–Trinajstić information content (AvgIpc) is 2.46. The summed E-state index contributed by atoms with van der Waals surface area (Å²) < 4.78 is 26.7. The van der Waals surface area contributed by atoms with Crippen molar-refractivity contribution in [1.82, 2.24) is 10.0 Å². The summed E-state index contributed by atoms with van der Waals surface area (Å²) in [5.74, 6) is 0.288. The lowest BCUT2D eigenvalue weighted by Crippen LogP contribution is -2.38. The summed E-state index contributed by atoms with van der Waals surface area (Å²) in [4.78, 5) is 10.0. The second-order valence-corrected chi connectivity index (χ2v) is 6.58. The van der Waals surface area contributed by atoms with Gasteiger partial charge in [-0.1, -0.05) is 0 Å². The Kier molecular flexibility index (Phi) is 6.53. The van der Waals surface area contributed by atoms with Gasteiger partial charge in [-0.3, -0.25) is 10.1 Å². The molecule has 0 aliphatic carbocycles. The topological polar surface area (TPSA) is 101 Å². The molecule has 1 atom stereocenters. The maximum absolute atomic E-state index is 12.1. The molecule has 1 saturated heterocycles. The van der Waals surface area contributed by atoms with Crippen molar-refractivity contribution in [2.24, 2.45) is 5.92 Å². The van der Waals surface area contributed by atoms with Crippen LogP contribution in [0.2, 0.25) is 0 Å². The molecule has 0 radical (unpaired) electrons. The molecule has 9 heteroatoms. The van der Waals surface area contributed by atoms with E-state index in [9.17, 15) is 18.5 Å². The van der Waals surface area contributed by atoms with E-state index in [0.717, 1.165) is 25.9 Å². The van der Waals surface area contributed by atoms with Gasteiger partial charge in [0, 0.05) is 18.7 Å². The first-order valence-electron chi connectivity index (χ1n) is 6.44. The number of hydrogen-bond donors (Lipinski definition) is 2. The van der Waals surface area contributed by atoms with Crippen LogP contribution in [0.1, 0.15) is 12.8 Å². The van der Waals surface area contributed by atoms with Gasteiger partial charge in [-0.2, -0.15) is 0 Å². The van der Waals surface area contributed by atoms with Crippen LogP contribution in [-0.2, 0) is 10.0 Å². The normalized spacial score (nSPS) is 18.8. The van der Waals surface area contributed by atoms with Gasteiger partial charge < -0.3 is 5.32 Å². The summed E-state index contributed by atoms with van der Waals surface area (Å²) in [5, 5.41) is 13.7. The number of piperidine rings is 1. The predicted octanol–water partition coefficient (Wildman–Crippen LogP) is 1.29. The standard InChI is InChI=1S/C12H17N3O4S.ClH/c16-15(17)11-3-5-12(6-4-11)20(18,19)14-9-10-2-1-7-13-8-10;/h3-6,10,13-14H,1-2,7-9H2;1H. The zero-order valence-corrected chi connectivity index (χ0v) is 13.0. The van der Waals surface area contributed by atoms with Gasteiger partial charge in [-0.15, -0.1) is 12.4 Å². The molecular weight excluding hydrogens is 318 g/mol. The number of sulfonamides is 1. The molecule has 7 nitrogen and oxygen atoms in total. The minimum Gasteiger partial charge on any atom is -0.316 e. The molecule has 1 heterocycles. The molecule has 0 aromatic heterocycles. The SMILES string of the molecule is Cl.O=[N+]([O-])c1ccc(S(=O)(=O)NCC2CCCNC2)cc1. The first-order valence-corrected chi connectivity index (χ1v) is 7.92. The largest absolute Gasteiger partial charge is 0.316 e. The fraction of sp³-hybridized carbons (Fsp3) is 0.500. The lowest BCUT2D eigenvalue weighted by Gasteiger charge is -2.22. The molecule has 1 unspecified atom stereocenters. The van der Waals surface area contributed by atoms with Crippen LogP contribution in [-0.4, -0.2) is 33.0 Å². The predicted molar refractivity (Wildman–Crippen MR) is 81.1 cm³/mol. The van der Waals surface area contributed by atoms with Crippen LogP contribution in [0.5, 0.6) is 0 Å². The van der Waals surface area contributed by atoms with E-state index in [1.54, 1.807) is 0 Å². The Labute approximate surface area is 129 Å². The highest BCUT2D eigenvalue weighted by molar-refractivity contribution is 7.89. The average molecular weight is 336 g/mol. The van der Waals surface area contributed by atoms with E-state index < -0.39 is 14.9 Å². The van der Waals surface area contributed by atoms with Gasteiger partial charge in [0.05, 0.1) is 9.82 Å². The van der Waals surface area contributed by atoms with Gasteiger partial charge in [-0.25, -0.2) is 13.1 Å². The molecule has 1 aromatic carbocycles. The van der Waals surface area contributed by atoms with Crippen molar-refractivity contribution in [3.05, 3.63) is 34.4 Å². The lowest BCUT2D eigenvalue weighted by molar-refractivity contribution is -0.384. The van der Waals surface area contributed by atoms with Gasteiger partial charge >= 0.3 is 0 Å². The molecule has 0 bridgehead atoms. The molecule has 1 aliphatic heterocycles. The third kappa shape index (κ3) is 4.92. The zero-order valence-electron chi connectivity index (χ0n) is 11.3. The van der Waals surface area contributed by atoms with Crippen molar-refractivity contribution in [2.75, 3.05) is 19.6 Å². The van der Waals surface area contributed by atoms with Gasteiger partial charge in [0.25, 0.3) is 5.69 Å². The number of nitrogens with one attached hydrogen (secondary N) is 2. The molecule has 1 aliphatic rings. The third-order valence-electron chi connectivity index (χ3n) is 3.32. The molecular formula is C12H18ClN3O4S. The Hall–Kier alpha value is -1.22. The maximum atomic E-state index is 12.1. The highest BCUT2D eigenvalue weighted by Gasteiger charge is 2.19. The van der Waals surface area contributed by atoms with E-state index >= 15 is 0 Å². The van der Waals surface area contributed by atoms with Gasteiger partial charge in [0.2, 0.25) is 10.0 Å². The first kappa shape index (κ1) is 17.8. The zero-order chi connectivity index (χ0) is 14.6. The van der Waals surface area contributed by atoms with Crippen LogP contribution < -0.4 is 10.0 Å². The van der Waals surface area contributed by atoms with Crippen LogP contribution in [0.4, 0.5) is 5.69 Å². The van der Waals surface area contributed by atoms with Crippen molar-refractivity contribution in [3.8, 4) is 0 Å². The molecule has 21 heavy (non-hydrogen) atoms. The van der Waals surface area contributed by atoms with Crippen molar-refractivity contribution in [2.45, 2.75) is 17.7 Å². The Morgan fingerprint density at radius 2 is 2.00 bits per heavy atom. The van der Waals surface area contributed by atoms with Crippen LogP contribution >= 0.6 is 12.4 Å². The monoisotopic (exact) mass is 335 g/mol. The van der Waals surface area contributed by atoms with Crippen molar-refractivity contribution in [3.63, 3.8) is 0 Å². The Morgan fingerprint density at radius 3 is 2.52 bits per heavy atom. The third-order valence-corrected chi connectivity index (χ3v) is 4.76. The molecule has 1 fully saturated rings. The summed E-state index contributed by atoms with van der Waals surface area (Å²) in [7, 11) is -3.60. The minimum atomic E-state index is -3.60. The number of nitrogens with zero attached hydrogens (tertiary/aromatic N) is 1. The fourth-order valence-electron chi connectivity index (χ4n) is 2.16. The van der Waals surface area contributed by atoms with E-state index in [0.29, 0.717) is 6.54 Å². The summed E-state index contributed by atoms with van der Waals surface area (Å²) in [6.45, 7) is 2.17. The van der Waals surface area contributed by atoms with Crippen LogP contribution in [0, 0.1) is 16.0 Å². The number of halogens is 1. The molecule has 2 rings (SSSR count). The molecule has 0 amide bonds. The van der Waals surface area contributed by atoms with Gasteiger partial charge in [0.1, 0.15) is 0 Å². The summed E-state index contributed by atoms with van der Waals surface area (Å²) in [6, 6.07) is 4.88. The second-order valence-electron chi connectivity index (χ2n) is 4.82. The van der Waals surface area contributed by atoms with Crippen molar-refractivity contribution >= 4 is 28.1 Å². The van der Waals surface area contributed by atoms with E-state index in [1.165, 1.54) is 24.3 Å². The minimum absolute atomic E-state index is 0. The summed E-state index contributed by atoms with van der Waals surface area (Å²) in [6.07, 6.45) is 2.04. The number of non-ortho nitro benzene ring substituents is 1. The van der Waals surface area contributed by atoms with Crippen LogP contribution in [0.25, 0.3) is 0 Å². The number of rotatable bonds is 5. The molecule has 2 N–H and O–H groups in total. The highest BCUT2D eigenvalue weighted by Crippen LogP contribution is 2.16. The lowest BCUT2D eigenvalue weighted by atomic mass is 10.0. The fourth-order valence-corrected chi connectivity index (χ4v) is 3.27. The highest BCUT2D eigenvalue weighted by atomic mass is 35.5. The van der Waals surface area contributed by atoms with E-state index in [-0.39, 0.29) is 28.9 Å². The first-order chi connectivity index (χ1) is 9.49. The van der Waals surface area contributed by atoms with Crippen molar-refractivity contribution < 1.29 is 13.3 Å². The van der Waals surface area contributed by atoms with E-state index in [1.807, 2.05) is 0 Å². The molecule has 0 spiro atoms. The van der Waals surface area contributed by atoms with Gasteiger partial charge in [0.15, 0.2) is 0 Å². The van der Waals surface area contributed by atoms with E-state index in [4.69, 9.17) is 0 Å². The van der Waals surface area contributed by atoms with Gasteiger partial charge in [-0.05, 0) is 44.0 Å². The maximum Gasteiger partial charge on any atom is 0.269 e. The number of nitro groups is 1. The smallest absolute Gasteiger partial charge is 0.269 e. The van der Waals surface area contributed by atoms with Crippen LogP contribution in [0.3, 0.4) is 0 Å². The van der Waals surface area contributed by atoms with Crippen molar-refractivity contribution in [1.29, 1.82) is 0 Å². The Balaban J connectivity index is 0.00000220. The summed E-state index contributed by atoms with van der Waals surface area (Å²) >= 11 is 0. The molecule has 1 aromatic rings. The quantitative estimate of drug-likeness (QED) is 0.623. The van der Waals surface area contributed by atoms with Crippen LogP contribution in [0.15, 0.2) is 29.2 Å². The second kappa shape index (κ2) is 7.69. The number of benzene rings is 1. The number of hydrogen-bond acceptors (Lipinski definition) is 5. The summed E-state index contributed by atoms with van der Waals surface area (Å²) in [5.41, 5.74) is -0.125. The number of nitro benzene ring substituents is 1. The molecule has 0 saturated carbocycles. The van der Waals surface area contributed by atoms with E-state index in [2.05, 4.69) is 10.0 Å². The Morgan fingerprint density at radius 1 is 1.33 bits per heavy atom. The molecule has 118 valence electrons. The Bertz CT molecular complexity index is 571.